The van der Waals surface area contributed by atoms with Gasteiger partial charge in [0, 0.05) is 10.9 Å². The lowest BCUT2D eigenvalue weighted by Gasteiger charge is -1.99. The van der Waals surface area contributed by atoms with E-state index in [4.69, 9.17) is 4.42 Å². The number of carboxylic acids is 1. The second-order valence-electron chi connectivity index (χ2n) is 5.51. The number of thiophene rings is 1. The number of nitrogens with one attached hydrogen (secondary N) is 1. The fourth-order valence-electron chi connectivity index (χ4n) is 2.86. The first-order chi connectivity index (χ1) is 11.5. The minimum atomic E-state index is -1.06. The van der Waals surface area contributed by atoms with Crippen molar-refractivity contribution in [3.63, 3.8) is 0 Å². The van der Waals surface area contributed by atoms with Crippen molar-refractivity contribution in [3.8, 4) is 11.6 Å². The van der Waals surface area contributed by atoms with E-state index < -0.39 is 5.97 Å². The highest BCUT2D eigenvalue weighted by Crippen LogP contribution is 2.33. The van der Waals surface area contributed by atoms with E-state index in [2.05, 4.69) is 9.97 Å². The van der Waals surface area contributed by atoms with E-state index in [1.54, 1.807) is 6.92 Å². The van der Waals surface area contributed by atoms with Crippen LogP contribution in [0.15, 0.2) is 33.5 Å². The fourth-order valence-corrected chi connectivity index (χ4v) is 3.88. The number of rotatable bonds is 2. The number of H-pyrrole nitrogens is 1. The molecule has 0 spiro atoms. The monoisotopic (exact) mass is 340 g/mol. The molecular weight excluding hydrogens is 328 g/mol. The molecule has 0 amide bonds. The molecule has 1 aromatic carbocycles. The molecule has 0 saturated heterocycles. The summed E-state index contributed by atoms with van der Waals surface area (Å²) >= 11 is 0.995. The summed E-state index contributed by atoms with van der Waals surface area (Å²) in [5.74, 6) is -0.270. The zero-order chi connectivity index (χ0) is 17.0. The largest absolute Gasteiger partial charge is 0.477 e. The topological polar surface area (TPSA) is 96.2 Å². The summed E-state index contributed by atoms with van der Waals surface area (Å²) in [6, 6.07) is 7.57. The van der Waals surface area contributed by atoms with Crippen molar-refractivity contribution in [3.05, 3.63) is 50.6 Å². The van der Waals surface area contributed by atoms with Gasteiger partial charge in [-0.1, -0.05) is 18.2 Å². The Hall–Kier alpha value is -2.93. The van der Waals surface area contributed by atoms with Crippen molar-refractivity contribution in [2.75, 3.05) is 0 Å². The van der Waals surface area contributed by atoms with Crippen LogP contribution < -0.4 is 5.56 Å². The van der Waals surface area contributed by atoms with Gasteiger partial charge in [0.15, 0.2) is 11.6 Å². The standard InChI is InChI=1S/C17H12N2O4S/c1-7-9-5-3-4-6-10(9)23-12(7)14-18-15(20)11-8(2)13(17(21)22)24-16(11)19-14/h3-6H,1-2H3,(H,21,22)(H,18,19,20). The highest BCUT2D eigenvalue weighted by atomic mass is 32.1. The molecule has 24 heavy (non-hydrogen) atoms. The number of benzene rings is 1. The molecule has 0 aliphatic carbocycles. The molecule has 3 heterocycles. The maximum atomic E-state index is 12.4. The van der Waals surface area contributed by atoms with E-state index in [0.29, 0.717) is 32.9 Å². The van der Waals surface area contributed by atoms with Crippen LogP contribution in [-0.2, 0) is 0 Å². The van der Waals surface area contributed by atoms with E-state index in [1.807, 2.05) is 31.2 Å². The molecule has 3 aromatic heterocycles. The third-order valence-electron chi connectivity index (χ3n) is 4.05. The number of aryl methyl sites for hydroxylation is 2. The highest BCUT2D eigenvalue weighted by molar-refractivity contribution is 7.20. The summed E-state index contributed by atoms with van der Waals surface area (Å²) in [6.07, 6.45) is 0. The smallest absolute Gasteiger partial charge is 0.346 e. The number of fused-ring (bicyclic) bond motifs is 2. The van der Waals surface area contributed by atoms with Gasteiger partial charge in [0.2, 0.25) is 0 Å². The average molecular weight is 340 g/mol. The van der Waals surface area contributed by atoms with Gasteiger partial charge in [0.25, 0.3) is 5.56 Å². The van der Waals surface area contributed by atoms with E-state index in [9.17, 15) is 14.7 Å². The van der Waals surface area contributed by atoms with E-state index in [-0.39, 0.29) is 10.4 Å². The number of carboxylic acid groups (broad SMARTS) is 1. The summed E-state index contributed by atoms with van der Waals surface area (Å²) < 4.78 is 5.83. The van der Waals surface area contributed by atoms with Crippen molar-refractivity contribution >= 4 is 38.5 Å². The Labute approximate surface area is 139 Å². The number of hydrogen-bond acceptors (Lipinski definition) is 5. The van der Waals surface area contributed by atoms with Gasteiger partial charge in [-0.05, 0) is 25.5 Å². The van der Waals surface area contributed by atoms with Crippen molar-refractivity contribution < 1.29 is 14.3 Å². The van der Waals surface area contributed by atoms with Crippen LogP contribution in [0.25, 0.3) is 32.8 Å². The normalized spacial score (nSPS) is 11.4. The third-order valence-corrected chi connectivity index (χ3v) is 5.23. The van der Waals surface area contributed by atoms with Crippen LogP contribution in [0.3, 0.4) is 0 Å². The number of para-hydroxylation sites is 1. The number of aromatic carboxylic acids is 1. The Bertz CT molecular complexity index is 1180. The van der Waals surface area contributed by atoms with Gasteiger partial charge in [-0.15, -0.1) is 11.3 Å². The van der Waals surface area contributed by atoms with Gasteiger partial charge in [-0.25, -0.2) is 9.78 Å². The number of hydrogen-bond donors (Lipinski definition) is 2. The minimum Gasteiger partial charge on any atom is -0.477 e. The lowest BCUT2D eigenvalue weighted by molar-refractivity contribution is 0.0701. The van der Waals surface area contributed by atoms with E-state index in [1.165, 1.54) is 0 Å². The molecule has 0 bridgehead atoms. The van der Waals surface area contributed by atoms with Crippen LogP contribution in [0.2, 0.25) is 0 Å². The number of carbonyl (C=O) groups is 1. The summed E-state index contributed by atoms with van der Waals surface area (Å²) in [7, 11) is 0. The summed E-state index contributed by atoms with van der Waals surface area (Å²) in [4.78, 5) is 31.4. The van der Waals surface area contributed by atoms with Crippen LogP contribution in [0.1, 0.15) is 20.8 Å². The molecule has 0 fully saturated rings. The van der Waals surface area contributed by atoms with Crippen molar-refractivity contribution in [1.29, 1.82) is 0 Å². The van der Waals surface area contributed by atoms with Crippen molar-refractivity contribution in [2.24, 2.45) is 0 Å². The van der Waals surface area contributed by atoms with Gasteiger partial charge < -0.3 is 14.5 Å². The third kappa shape index (κ3) is 1.98. The molecule has 0 saturated carbocycles. The fraction of sp³-hybridized carbons (Fsp3) is 0.118. The lowest BCUT2D eigenvalue weighted by Crippen LogP contribution is -2.09. The van der Waals surface area contributed by atoms with Crippen molar-refractivity contribution in [1.82, 2.24) is 9.97 Å². The Balaban J connectivity index is 2.02. The van der Waals surface area contributed by atoms with E-state index >= 15 is 0 Å². The number of aromatic amines is 1. The molecule has 7 heteroatoms. The molecule has 2 N–H and O–H groups in total. The Morgan fingerprint density at radius 2 is 2.00 bits per heavy atom. The van der Waals surface area contributed by atoms with Crippen LogP contribution in [0.4, 0.5) is 0 Å². The van der Waals surface area contributed by atoms with Gasteiger partial charge in [-0.3, -0.25) is 4.79 Å². The van der Waals surface area contributed by atoms with Crippen LogP contribution >= 0.6 is 11.3 Å². The molecule has 4 aromatic rings. The summed E-state index contributed by atoms with van der Waals surface area (Å²) in [6.45, 7) is 3.51. The predicted molar refractivity (Wildman–Crippen MR) is 91.9 cm³/mol. The predicted octanol–water partition coefficient (Wildman–Crippen LogP) is 3.71. The maximum Gasteiger partial charge on any atom is 0.346 e. The van der Waals surface area contributed by atoms with Gasteiger partial charge >= 0.3 is 5.97 Å². The van der Waals surface area contributed by atoms with Crippen LogP contribution in [0.5, 0.6) is 0 Å². The molecule has 0 aliphatic heterocycles. The van der Waals surface area contributed by atoms with Crippen molar-refractivity contribution in [2.45, 2.75) is 13.8 Å². The number of nitrogens with zero attached hydrogens (tertiary/aromatic N) is 1. The average Bonchev–Trinajstić information content (AvgIpc) is 3.06. The van der Waals surface area contributed by atoms with Gasteiger partial charge in [-0.2, -0.15) is 0 Å². The second kappa shape index (κ2) is 5.04. The molecule has 120 valence electrons. The zero-order valence-electron chi connectivity index (χ0n) is 12.8. The number of aromatic nitrogens is 2. The maximum absolute atomic E-state index is 12.4. The van der Waals surface area contributed by atoms with Crippen LogP contribution in [0, 0.1) is 13.8 Å². The lowest BCUT2D eigenvalue weighted by atomic mass is 10.1. The van der Waals surface area contributed by atoms with Crippen LogP contribution in [-0.4, -0.2) is 21.0 Å². The SMILES string of the molecule is Cc1c(-c2nc3sc(C(=O)O)c(C)c3c(=O)[nH]2)oc2ccccc12. The Kier molecular flexibility index (Phi) is 3.07. The molecule has 0 unspecified atom stereocenters. The molecule has 0 aliphatic rings. The van der Waals surface area contributed by atoms with E-state index in [0.717, 1.165) is 22.3 Å². The summed E-state index contributed by atoms with van der Waals surface area (Å²) in [5, 5.41) is 10.5. The Morgan fingerprint density at radius 3 is 2.71 bits per heavy atom. The molecular formula is C17H12N2O4S. The molecule has 0 radical (unpaired) electrons. The molecule has 6 nitrogen and oxygen atoms in total. The number of furan rings is 1. The highest BCUT2D eigenvalue weighted by Gasteiger charge is 2.21. The zero-order valence-corrected chi connectivity index (χ0v) is 13.7. The minimum absolute atomic E-state index is 0.126. The Morgan fingerprint density at radius 1 is 1.25 bits per heavy atom. The first kappa shape index (κ1) is 14.6. The van der Waals surface area contributed by atoms with Gasteiger partial charge in [0.05, 0.1) is 5.39 Å². The first-order valence-electron chi connectivity index (χ1n) is 7.22. The second-order valence-corrected chi connectivity index (χ2v) is 6.51. The summed E-state index contributed by atoms with van der Waals surface area (Å²) in [5.41, 5.74) is 1.65. The first-order valence-corrected chi connectivity index (χ1v) is 8.04. The molecule has 4 rings (SSSR count). The quantitative estimate of drug-likeness (QED) is 0.580. The molecule has 0 atom stereocenters. The van der Waals surface area contributed by atoms with Gasteiger partial charge in [0.1, 0.15) is 15.3 Å².